The van der Waals surface area contributed by atoms with Crippen molar-refractivity contribution in [2.75, 3.05) is 12.8 Å². The number of thioether (sulfide) groups is 1. The number of amides is 1. The summed E-state index contributed by atoms with van der Waals surface area (Å²) in [5, 5.41) is 18.6. The van der Waals surface area contributed by atoms with Gasteiger partial charge in [-0.1, -0.05) is 48.7 Å². The minimum absolute atomic E-state index is 0.0429. The lowest BCUT2D eigenvalue weighted by Crippen LogP contribution is -2.50. The molecule has 1 aliphatic rings. The number of hydrogen-bond donors (Lipinski definition) is 0. The van der Waals surface area contributed by atoms with Crippen LogP contribution >= 0.6 is 11.8 Å². The zero-order valence-corrected chi connectivity index (χ0v) is 16.9. The predicted octanol–water partition coefficient (Wildman–Crippen LogP) is 3.66. The van der Waals surface area contributed by atoms with Gasteiger partial charge in [-0.15, -0.1) is 10.2 Å². The minimum Gasteiger partial charge on any atom is -0.326 e. The first-order chi connectivity index (χ1) is 13.0. The molecule has 1 aromatic heterocycles. The van der Waals surface area contributed by atoms with Crippen molar-refractivity contribution in [3.05, 3.63) is 35.7 Å². The molecule has 0 bridgehead atoms. The molecule has 0 aliphatic heterocycles. The van der Waals surface area contributed by atoms with Gasteiger partial charge >= 0.3 is 0 Å². The summed E-state index contributed by atoms with van der Waals surface area (Å²) in [5.74, 6) is 0.197. The van der Waals surface area contributed by atoms with Crippen LogP contribution in [0.1, 0.15) is 43.2 Å². The van der Waals surface area contributed by atoms with Crippen LogP contribution in [0.25, 0.3) is 5.69 Å². The van der Waals surface area contributed by atoms with Gasteiger partial charge in [0.15, 0.2) is 5.16 Å². The molecule has 0 radical (unpaired) electrons. The van der Waals surface area contributed by atoms with Crippen molar-refractivity contribution in [1.29, 1.82) is 5.26 Å². The maximum atomic E-state index is 12.8. The van der Waals surface area contributed by atoms with E-state index in [-0.39, 0.29) is 11.7 Å². The molecule has 1 heterocycles. The van der Waals surface area contributed by atoms with E-state index < -0.39 is 5.54 Å². The van der Waals surface area contributed by atoms with Gasteiger partial charge in [0.1, 0.15) is 11.9 Å². The molecule has 27 heavy (non-hydrogen) atoms. The van der Waals surface area contributed by atoms with Crippen molar-refractivity contribution in [2.24, 2.45) is 0 Å². The van der Waals surface area contributed by atoms with E-state index in [1.165, 1.54) is 17.3 Å². The van der Waals surface area contributed by atoms with E-state index in [1.54, 1.807) is 18.3 Å². The summed E-state index contributed by atoms with van der Waals surface area (Å²) in [6.45, 7) is 4.11. The SMILES string of the molecule is Cc1ccc(-n2cnnc2SCC(=O)N(C)C2(C#N)CCCCC2)c(C)c1. The lowest BCUT2D eigenvalue weighted by atomic mass is 9.81. The average Bonchev–Trinajstić information content (AvgIpc) is 3.14. The third-order valence-corrected chi connectivity index (χ3v) is 6.29. The largest absolute Gasteiger partial charge is 0.326 e. The summed E-state index contributed by atoms with van der Waals surface area (Å²) in [7, 11) is 1.76. The lowest BCUT2D eigenvalue weighted by molar-refractivity contribution is -0.131. The fraction of sp³-hybridized carbons (Fsp3) is 0.500. The second-order valence-corrected chi connectivity index (χ2v) is 8.16. The maximum absolute atomic E-state index is 12.8. The number of nitriles is 1. The standard InChI is InChI=1S/C20H25N5OS/c1-15-7-8-17(16(2)11-15)25-14-22-23-19(25)27-12-18(26)24(3)20(13-21)9-5-4-6-10-20/h7-8,11,14H,4-6,9-10,12H2,1-3H3. The highest BCUT2D eigenvalue weighted by molar-refractivity contribution is 7.99. The number of carbonyl (C=O) groups is 1. The zero-order chi connectivity index (χ0) is 19.4. The maximum Gasteiger partial charge on any atom is 0.234 e. The Morgan fingerprint density at radius 2 is 2.07 bits per heavy atom. The molecule has 7 heteroatoms. The van der Waals surface area contributed by atoms with E-state index in [4.69, 9.17) is 0 Å². The van der Waals surface area contributed by atoms with Gasteiger partial charge in [-0.3, -0.25) is 9.36 Å². The Morgan fingerprint density at radius 3 is 2.74 bits per heavy atom. The van der Waals surface area contributed by atoms with E-state index in [0.29, 0.717) is 5.16 Å². The molecule has 1 saturated carbocycles. The van der Waals surface area contributed by atoms with E-state index >= 15 is 0 Å². The average molecular weight is 384 g/mol. The molecule has 0 saturated heterocycles. The quantitative estimate of drug-likeness (QED) is 0.737. The first-order valence-corrected chi connectivity index (χ1v) is 10.2. The van der Waals surface area contributed by atoms with Gasteiger partial charge in [-0.2, -0.15) is 5.26 Å². The molecular weight excluding hydrogens is 358 g/mol. The molecule has 142 valence electrons. The van der Waals surface area contributed by atoms with Crippen LogP contribution in [0.4, 0.5) is 0 Å². The third kappa shape index (κ3) is 4.01. The molecule has 1 aliphatic carbocycles. The van der Waals surface area contributed by atoms with E-state index in [0.717, 1.165) is 43.4 Å². The van der Waals surface area contributed by atoms with Gasteiger partial charge in [-0.25, -0.2) is 0 Å². The monoisotopic (exact) mass is 383 g/mol. The van der Waals surface area contributed by atoms with E-state index in [2.05, 4.69) is 42.2 Å². The van der Waals surface area contributed by atoms with Crippen molar-refractivity contribution in [2.45, 2.75) is 56.6 Å². The summed E-state index contributed by atoms with van der Waals surface area (Å²) in [4.78, 5) is 14.4. The van der Waals surface area contributed by atoms with Crippen LogP contribution in [0.15, 0.2) is 29.7 Å². The third-order valence-electron chi connectivity index (χ3n) is 5.36. The smallest absolute Gasteiger partial charge is 0.234 e. The molecule has 0 atom stereocenters. The molecule has 0 N–H and O–H groups in total. The summed E-state index contributed by atoms with van der Waals surface area (Å²) in [6, 6.07) is 8.61. The molecule has 1 aromatic carbocycles. The van der Waals surface area contributed by atoms with Crippen molar-refractivity contribution in [3.8, 4) is 11.8 Å². The van der Waals surface area contributed by atoms with Gasteiger partial charge in [-0.05, 0) is 38.3 Å². The van der Waals surface area contributed by atoms with Gasteiger partial charge in [0.2, 0.25) is 5.91 Å². The van der Waals surface area contributed by atoms with Crippen LogP contribution in [0.2, 0.25) is 0 Å². The van der Waals surface area contributed by atoms with Crippen molar-refractivity contribution in [3.63, 3.8) is 0 Å². The Balaban J connectivity index is 1.71. The molecule has 6 nitrogen and oxygen atoms in total. The molecule has 2 aromatic rings. The fourth-order valence-electron chi connectivity index (χ4n) is 3.68. The molecule has 1 fully saturated rings. The Kier molecular flexibility index (Phi) is 5.85. The van der Waals surface area contributed by atoms with Crippen molar-refractivity contribution >= 4 is 17.7 Å². The number of aryl methyl sites for hydroxylation is 2. The molecule has 0 spiro atoms. The molecule has 1 amide bonds. The van der Waals surface area contributed by atoms with Gasteiger partial charge in [0, 0.05) is 7.05 Å². The van der Waals surface area contributed by atoms with E-state index in [9.17, 15) is 10.1 Å². The van der Waals surface area contributed by atoms with Crippen molar-refractivity contribution in [1.82, 2.24) is 19.7 Å². The highest BCUT2D eigenvalue weighted by atomic mass is 32.2. The van der Waals surface area contributed by atoms with Crippen LogP contribution in [-0.4, -0.2) is 43.9 Å². The van der Waals surface area contributed by atoms with Crippen LogP contribution in [-0.2, 0) is 4.79 Å². The summed E-state index contributed by atoms with van der Waals surface area (Å²) in [6.07, 6.45) is 6.33. The predicted molar refractivity (Wildman–Crippen MR) is 106 cm³/mol. The highest BCUT2D eigenvalue weighted by Crippen LogP contribution is 2.33. The van der Waals surface area contributed by atoms with Crippen LogP contribution < -0.4 is 0 Å². The number of aromatic nitrogens is 3. The Labute approximate surface area is 164 Å². The summed E-state index contributed by atoms with van der Waals surface area (Å²) in [5.41, 5.74) is 2.68. The number of rotatable bonds is 5. The van der Waals surface area contributed by atoms with Crippen LogP contribution in [0.3, 0.4) is 0 Å². The molecule has 0 unspecified atom stereocenters. The zero-order valence-electron chi connectivity index (χ0n) is 16.1. The van der Waals surface area contributed by atoms with Gasteiger partial charge < -0.3 is 4.90 Å². The number of benzene rings is 1. The summed E-state index contributed by atoms with van der Waals surface area (Å²) >= 11 is 1.36. The first-order valence-electron chi connectivity index (χ1n) is 9.25. The Bertz CT molecular complexity index is 863. The van der Waals surface area contributed by atoms with Crippen LogP contribution in [0, 0.1) is 25.2 Å². The number of nitrogens with zero attached hydrogens (tertiary/aromatic N) is 5. The van der Waals surface area contributed by atoms with Gasteiger partial charge in [0.25, 0.3) is 0 Å². The van der Waals surface area contributed by atoms with E-state index in [1.807, 2.05) is 10.6 Å². The topological polar surface area (TPSA) is 74.8 Å². The first kappa shape index (κ1) is 19.4. The Morgan fingerprint density at radius 1 is 1.33 bits per heavy atom. The van der Waals surface area contributed by atoms with Crippen molar-refractivity contribution < 1.29 is 4.79 Å². The fourth-order valence-corrected chi connectivity index (χ4v) is 4.52. The van der Waals surface area contributed by atoms with Crippen LogP contribution in [0.5, 0.6) is 0 Å². The number of carbonyl (C=O) groups excluding carboxylic acids is 1. The summed E-state index contributed by atoms with van der Waals surface area (Å²) < 4.78 is 1.91. The second kappa shape index (κ2) is 8.13. The molecular formula is C20H25N5OS. The number of hydrogen-bond acceptors (Lipinski definition) is 5. The highest BCUT2D eigenvalue weighted by Gasteiger charge is 2.38. The normalized spacial score (nSPS) is 15.9. The molecule has 3 rings (SSSR count). The minimum atomic E-state index is -0.656. The lowest BCUT2D eigenvalue weighted by Gasteiger charge is -2.39. The Hall–Kier alpha value is -2.33. The van der Waals surface area contributed by atoms with Gasteiger partial charge in [0.05, 0.1) is 17.5 Å². The second-order valence-electron chi connectivity index (χ2n) is 7.22.